The second-order valence-electron chi connectivity index (χ2n) is 5.98. The van der Waals surface area contributed by atoms with Gasteiger partial charge in [0.15, 0.2) is 11.5 Å². The smallest absolute Gasteiger partial charge is 0.343 e. The van der Waals surface area contributed by atoms with Gasteiger partial charge in [-0.3, -0.25) is 4.79 Å². The lowest BCUT2D eigenvalue weighted by molar-refractivity contribution is -0.124. The molecule has 1 unspecified atom stereocenters. The number of carbonyl (C=O) groups is 2. The Bertz CT molecular complexity index is 844. The zero-order valence-corrected chi connectivity index (χ0v) is 13.9. The lowest BCUT2D eigenvalue weighted by atomic mass is 10.2. The van der Waals surface area contributed by atoms with Crippen molar-refractivity contribution >= 4 is 17.6 Å². The topological polar surface area (TPSA) is 83.1 Å². The first-order valence-corrected chi connectivity index (χ1v) is 8.33. The summed E-state index contributed by atoms with van der Waals surface area (Å²) in [7, 11) is 0. The Balaban J connectivity index is 1.43. The van der Waals surface area contributed by atoms with Crippen LogP contribution >= 0.6 is 0 Å². The zero-order chi connectivity index (χ0) is 17.9. The largest absolute Gasteiger partial charge is 0.454 e. The van der Waals surface area contributed by atoms with E-state index in [1.165, 1.54) is 0 Å². The predicted molar refractivity (Wildman–Crippen MR) is 91.6 cm³/mol. The van der Waals surface area contributed by atoms with E-state index in [0.29, 0.717) is 41.5 Å². The average molecular weight is 355 g/mol. The predicted octanol–water partition coefficient (Wildman–Crippen LogP) is 2.75. The number of anilines is 1. The second-order valence-corrected chi connectivity index (χ2v) is 5.98. The second kappa shape index (κ2) is 7.05. The highest BCUT2D eigenvalue weighted by Gasteiger charge is 2.23. The van der Waals surface area contributed by atoms with Crippen molar-refractivity contribution in [2.24, 2.45) is 0 Å². The Morgan fingerprint density at radius 1 is 1.08 bits per heavy atom. The summed E-state index contributed by atoms with van der Waals surface area (Å²) in [5.74, 6) is 0.769. The summed E-state index contributed by atoms with van der Waals surface area (Å²) in [4.78, 5) is 24.5. The monoisotopic (exact) mass is 355 g/mol. The molecule has 1 N–H and O–H groups in total. The highest BCUT2D eigenvalue weighted by molar-refractivity contribution is 5.97. The number of ether oxygens (including phenoxy) is 4. The molecule has 2 aliphatic heterocycles. The first-order chi connectivity index (χ1) is 12.7. The summed E-state index contributed by atoms with van der Waals surface area (Å²) in [5.41, 5.74) is 0.846. The summed E-state index contributed by atoms with van der Waals surface area (Å²) in [6.07, 6.45) is 1.15. The standard InChI is InChI=1S/C19H17NO6/c21-18(16-5-2-8-23-16)20-13-4-1-3-12(9-13)19(22)26-14-6-7-15-17(10-14)25-11-24-15/h1,3-4,6-7,9-10,16H,2,5,8,11H2,(H,20,21). The Kier molecular flexibility index (Phi) is 4.45. The molecule has 0 bridgehead atoms. The molecular formula is C19H17NO6. The third-order valence-electron chi connectivity index (χ3n) is 4.14. The van der Waals surface area contributed by atoms with E-state index >= 15 is 0 Å². The van der Waals surface area contributed by atoms with Crippen LogP contribution in [0.2, 0.25) is 0 Å². The van der Waals surface area contributed by atoms with E-state index in [1.54, 1.807) is 42.5 Å². The molecule has 1 fully saturated rings. The first kappa shape index (κ1) is 16.4. The molecule has 0 aliphatic carbocycles. The summed E-state index contributed by atoms with van der Waals surface area (Å²) in [6, 6.07) is 11.5. The average Bonchev–Trinajstić information content (AvgIpc) is 3.33. The number of hydrogen-bond acceptors (Lipinski definition) is 6. The van der Waals surface area contributed by atoms with Gasteiger partial charge in [-0.25, -0.2) is 4.79 Å². The number of carbonyl (C=O) groups excluding carboxylic acids is 2. The summed E-state index contributed by atoms with van der Waals surface area (Å²) in [6.45, 7) is 0.749. The van der Waals surface area contributed by atoms with Gasteiger partial charge in [-0.15, -0.1) is 0 Å². The molecule has 4 rings (SSSR count). The summed E-state index contributed by atoms with van der Waals surface area (Å²) in [5, 5.41) is 2.77. The maximum absolute atomic E-state index is 12.4. The quantitative estimate of drug-likeness (QED) is 0.671. The van der Waals surface area contributed by atoms with Crippen LogP contribution in [-0.2, 0) is 9.53 Å². The van der Waals surface area contributed by atoms with Crippen LogP contribution in [0.25, 0.3) is 0 Å². The molecule has 2 aromatic carbocycles. The van der Waals surface area contributed by atoms with E-state index in [4.69, 9.17) is 18.9 Å². The minimum Gasteiger partial charge on any atom is -0.454 e. The maximum Gasteiger partial charge on any atom is 0.343 e. The number of fused-ring (bicyclic) bond motifs is 1. The number of benzene rings is 2. The lowest BCUT2D eigenvalue weighted by Gasteiger charge is -2.11. The van der Waals surface area contributed by atoms with Crippen LogP contribution in [0, 0.1) is 0 Å². The number of rotatable bonds is 4. The molecule has 0 aromatic heterocycles. The Labute approximate surface area is 149 Å². The van der Waals surface area contributed by atoms with Gasteiger partial charge in [-0.1, -0.05) is 6.07 Å². The van der Waals surface area contributed by atoms with Crippen LogP contribution in [0.3, 0.4) is 0 Å². The highest BCUT2D eigenvalue weighted by Crippen LogP contribution is 2.35. The molecule has 1 atom stereocenters. The van der Waals surface area contributed by atoms with Crippen molar-refractivity contribution in [3.63, 3.8) is 0 Å². The molecule has 134 valence electrons. The number of amides is 1. The van der Waals surface area contributed by atoms with Crippen LogP contribution in [0.1, 0.15) is 23.2 Å². The van der Waals surface area contributed by atoms with E-state index in [9.17, 15) is 9.59 Å². The van der Waals surface area contributed by atoms with Crippen LogP contribution < -0.4 is 19.5 Å². The normalized spacial score (nSPS) is 17.8. The lowest BCUT2D eigenvalue weighted by Crippen LogP contribution is -2.26. The van der Waals surface area contributed by atoms with Crippen molar-refractivity contribution in [1.29, 1.82) is 0 Å². The summed E-state index contributed by atoms with van der Waals surface area (Å²) < 4.78 is 21.2. The van der Waals surface area contributed by atoms with E-state index < -0.39 is 12.1 Å². The van der Waals surface area contributed by atoms with Crippen molar-refractivity contribution in [1.82, 2.24) is 0 Å². The van der Waals surface area contributed by atoms with Crippen molar-refractivity contribution in [3.05, 3.63) is 48.0 Å². The minimum absolute atomic E-state index is 0.152. The fraction of sp³-hybridized carbons (Fsp3) is 0.263. The molecular weight excluding hydrogens is 338 g/mol. The Morgan fingerprint density at radius 2 is 1.96 bits per heavy atom. The SMILES string of the molecule is O=C(Oc1ccc2c(c1)OCO2)c1cccc(NC(=O)C2CCCO2)c1. The van der Waals surface area contributed by atoms with Gasteiger partial charge in [0, 0.05) is 18.4 Å². The Hall–Kier alpha value is -3.06. The van der Waals surface area contributed by atoms with Gasteiger partial charge in [-0.05, 0) is 43.2 Å². The van der Waals surface area contributed by atoms with Crippen LogP contribution in [0.4, 0.5) is 5.69 Å². The first-order valence-electron chi connectivity index (χ1n) is 8.33. The van der Waals surface area contributed by atoms with E-state index in [0.717, 1.165) is 6.42 Å². The van der Waals surface area contributed by atoms with E-state index in [1.807, 2.05) is 0 Å². The summed E-state index contributed by atoms with van der Waals surface area (Å²) >= 11 is 0. The van der Waals surface area contributed by atoms with Crippen LogP contribution in [0.15, 0.2) is 42.5 Å². The minimum atomic E-state index is -0.530. The van der Waals surface area contributed by atoms with Crippen molar-refractivity contribution in [3.8, 4) is 17.2 Å². The fourth-order valence-corrected chi connectivity index (χ4v) is 2.84. The third-order valence-corrected chi connectivity index (χ3v) is 4.14. The molecule has 2 aliphatic rings. The molecule has 0 saturated carbocycles. The van der Waals surface area contributed by atoms with Crippen LogP contribution in [0.5, 0.6) is 17.2 Å². The molecule has 2 heterocycles. The molecule has 1 saturated heterocycles. The molecule has 1 amide bonds. The van der Waals surface area contributed by atoms with Gasteiger partial charge in [0.1, 0.15) is 11.9 Å². The van der Waals surface area contributed by atoms with Gasteiger partial charge in [0.25, 0.3) is 5.91 Å². The van der Waals surface area contributed by atoms with Gasteiger partial charge >= 0.3 is 5.97 Å². The van der Waals surface area contributed by atoms with Gasteiger partial charge in [0.05, 0.1) is 5.56 Å². The zero-order valence-electron chi connectivity index (χ0n) is 13.9. The Morgan fingerprint density at radius 3 is 2.81 bits per heavy atom. The van der Waals surface area contributed by atoms with E-state index in [2.05, 4.69) is 5.32 Å². The van der Waals surface area contributed by atoms with Crippen molar-refractivity contribution < 1.29 is 28.5 Å². The molecule has 2 aromatic rings. The maximum atomic E-state index is 12.4. The van der Waals surface area contributed by atoms with Gasteiger partial charge in [0.2, 0.25) is 6.79 Å². The van der Waals surface area contributed by atoms with Gasteiger partial charge < -0.3 is 24.3 Å². The van der Waals surface area contributed by atoms with Crippen LogP contribution in [-0.4, -0.2) is 31.4 Å². The number of esters is 1. The molecule has 7 heteroatoms. The molecule has 0 radical (unpaired) electrons. The van der Waals surface area contributed by atoms with Crippen molar-refractivity contribution in [2.45, 2.75) is 18.9 Å². The van der Waals surface area contributed by atoms with Crippen molar-refractivity contribution in [2.75, 3.05) is 18.7 Å². The highest BCUT2D eigenvalue weighted by atomic mass is 16.7. The molecule has 26 heavy (non-hydrogen) atoms. The fourth-order valence-electron chi connectivity index (χ4n) is 2.84. The third kappa shape index (κ3) is 3.48. The molecule has 7 nitrogen and oxygen atoms in total. The number of hydrogen-bond donors (Lipinski definition) is 1. The number of nitrogens with one attached hydrogen (secondary N) is 1. The molecule has 0 spiro atoms. The van der Waals surface area contributed by atoms with E-state index in [-0.39, 0.29) is 12.7 Å². The van der Waals surface area contributed by atoms with Gasteiger partial charge in [-0.2, -0.15) is 0 Å².